The molecule has 5 heteroatoms. The van der Waals surface area contributed by atoms with Crippen molar-refractivity contribution < 1.29 is 5.11 Å². The topological polar surface area (TPSA) is 87.9 Å². The van der Waals surface area contributed by atoms with E-state index in [1.54, 1.807) is 6.92 Å². The number of fused-ring (bicyclic) bond motifs is 1. The first-order valence-corrected chi connectivity index (χ1v) is 8.32. The summed E-state index contributed by atoms with van der Waals surface area (Å²) in [6.45, 7) is 6.23. The highest BCUT2D eigenvalue weighted by Gasteiger charge is 2.25. The van der Waals surface area contributed by atoms with Crippen molar-refractivity contribution in [1.82, 2.24) is 0 Å². The molecule has 3 rings (SSSR count). The Morgan fingerprint density at radius 3 is 2.48 bits per heavy atom. The van der Waals surface area contributed by atoms with Gasteiger partial charge in [0, 0.05) is 16.8 Å². The number of hydrogen-bond acceptors (Lipinski definition) is 4. The van der Waals surface area contributed by atoms with E-state index in [1.165, 1.54) is 0 Å². The van der Waals surface area contributed by atoms with E-state index in [2.05, 4.69) is 30.2 Å². The SMILES string of the molecule is C/C(=N/N)N1CC(N)=C(c2ccc(C(C)O)cc2)c2cc(C)ccc21. The van der Waals surface area contributed by atoms with Gasteiger partial charge < -0.3 is 21.6 Å². The van der Waals surface area contributed by atoms with Crippen molar-refractivity contribution in [2.45, 2.75) is 26.9 Å². The lowest BCUT2D eigenvalue weighted by Crippen LogP contribution is -2.37. The van der Waals surface area contributed by atoms with Crippen LogP contribution in [0, 0.1) is 6.92 Å². The second-order valence-corrected chi connectivity index (χ2v) is 6.48. The minimum atomic E-state index is -0.486. The summed E-state index contributed by atoms with van der Waals surface area (Å²) in [6.07, 6.45) is -0.486. The van der Waals surface area contributed by atoms with Crippen LogP contribution in [0.3, 0.4) is 0 Å². The Labute approximate surface area is 148 Å². The van der Waals surface area contributed by atoms with Crippen molar-refractivity contribution in [2.24, 2.45) is 16.7 Å². The Hall–Kier alpha value is -2.79. The van der Waals surface area contributed by atoms with E-state index < -0.39 is 6.10 Å². The molecule has 1 heterocycles. The van der Waals surface area contributed by atoms with Crippen LogP contribution < -0.4 is 16.5 Å². The zero-order valence-corrected chi connectivity index (χ0v) is 14.8. The maximum atomic E-state index is 9.73. The predicted octanol–water partition coefficient (Wildman–Crippen LogP) is 2.88. The first-order chi connectivity index (χ1) is 11.9. The van der Waals surface area contributed by atoms with Gasteiger partial charge in [0.2, 0.25) is 0 Å². The van der Waals surface area contributed by atoms with Crippen LogP contribution in [0.15, 0.2) is 53.3 Å². The van der Waals surface area contributed by atoms with E-state index in [0.717, 1.165) is 45.0 Å². The minimum Gasteiger partial charge on any atom is -0.400 e. The summed E-state index contributed by atoms with van der Waals surface area (Å²) in [5, 5.41) is 13.6. The number of benzene rings is 2. The van der Waals surface area contributed by atoms with Crippen LogP contribution >= 0.6 is 0 Å². The Kier molecular flexibility index (Phi) is 4.51. The van der Waals surface area contributed by atoms with E-state index in [1.807, 2.05) is 36.1 Å². The van der Waals surface area contributed by atoms with Crippen LogP contribution in [0.25, 0.3) is 5.57 Å². The zero-order valence-electron chi connectivity index (χ0n) is 14.8. The molecule has 0 aliphatic carbocycles. The molecule has 2 aromatic carbocycles. The monoisotopic (exact) mass is 336 g/mol. The van der Waals surface area contributed by atoms with Crippen molar-refractivity contribution in [3.05, 3.63) is 70.4 Å². The van der Waals surface area contributed by atoms with Crippen LogP contribution in [0.4, 0.5) is 5.69 Å². The first kappa shape index (κ1) is 17.0. The van der Waals surface area contributed by atoms with Gasteiger partial charge in [0.1, 0.15) is 5.84 Å². The Morgan fingerprint density at radius 2 is 1.88 bits per heavy atom. The molecule has 1 aliphatic rings. The largest absolute Gasteiger partial charge is 0.400 e. The van der Waals surface area contributed by atoms with Gasteiger partial charge in [0.05, 0.1) is 18.3 Å². The minimum absolute atomic E-state index is 0.486. The number of nitrogens with zero attached hydrogens (tertiary/aromatic N) is 2. The molecular weight excluding hydrogens is 312 g/mol. The van der Waals surface area contributed by atoms with Crippen molar-refractivity contribution in [3.8, 4) is 0 Å². The zero-order chi connectivity index (χ0) is 18.1. The summed E-state index contributed by atoms with van der Waals surface area (Å²) in [6, 6.07) is 14.2. The van der Waals surface area contributed by atoms with Crippen molar-refractivity contribution >= 4 is 17.1 Å². The third-order valence-electron chi connectivity index (χ3n) is 4.62. The Bertz CT molecular complexity index is 850. The smallest absolute Gasteiger partial charge is 0.126 e. The third kappa shape index (κ3) is 3.10. The fraction of sp³-hybridized carbons (Fsp3) is 0.250. The number of anilines is 1. The average Bonchev–Trinajstić information content (AvgIpc) is 2.60. The van der Waals surface area contributed by atoms with Crippen LogP contribution in [-0.2, 0) is 0 Å². The van der Waals surface area contributed by atoms with E-state index >= 15 is 0 Å². The number of aryl methyl sites for hydroxylation is 1. The highest BCUT2D eigenvalue weighted by Crippen LogP contribution is 2.38. The molecule has 0 saturated heterocycles. The highest BCUT2D eigenvalue weighted by atomic mass is 16.3. The molecule has 0 aromatic heterocycles. The first-order valence-electron chi connectivity index (χ1n) is 8.32. The summed E-state index contributed by atoms with van der Waals surface area (Å²) in [5.41, 5.74) is 13.4. The van der Waals surface area contributed by atoms with Gasteiger partial charge >= 0.3 is 0 Å². The lowest BCUT2D eigenvalue weighted by molar-refractivity contribution is 0.199. The van der Waals surface area contributed by atoms with Crippen LogP contribution in [0.1, 0.15) is 42.2 Å². The molecule has 0 bridgehead atoms. The van der Waals surface area contributed by atoms with Crippen molar-refractivity contribution in [3.63, 3.8) is 0 Å². The molecule has 5 N–H and O–H groups in total. The van der Waals surface area contributed by atoms with E-state index in [0.29, 0.717) is 6.54 Å². The maximum absolute atomic E-state index is 9.73. The predicted molar refractivity (Wildman–Crippen MR) is 103 cm³/mol. The molecule has 130 valence electrons. The lowest BCUT2D eigenvalue weighted by atomic mass is 9.89. The number of amidine groups is 1. The van der Waals surface area contributed by atoms with Gasteiger partial charge in [0.15, 0.2) is 0 Å². The van der Waals surface area contributed by atoms with Gasteiger partial charge in [-0.2, -0.15) is 5.10 Å². The second-order valence-electron chi connectivity index (χ2n) is 6.48. The van der Waals surface area contributed by atoms with Gasteiger partial charge in [-0.05, 0) is 44.0 Å². The number of rotatable bonds is 2. The number of aliphatic hydroxyl groups excluding tert-OH is 1. The molecular formula is C20H24N4O. The number of hydrazone groups is 1. The van der Waals surface area contributed by atoms with Crippen molar-refractivity contribution in [1.29, 1.82) is 0 Å². The van der Waals surface area contributed by atoms with Gasteiger partial charge in [-0.15, -0.1) is 0 Å². The summed E-state index contributed by atoms with van der Waals surface area (Å²) in [7, 11) is 0. The number of nitrogens with two attached hydrogens (primary N) is 2. The van der Waals surface area contributed by atoms with E-state index in [9.17, 15) is 5.11 Å². The molecule has 1 unspecified atom stereocenters. The quantitative estimate of drug-likeness (QED) is 0.340. The molecule has 5 nitrogen and oxygen atoms in total. The molecule has 0 spiro atoms. The molecule has 25 heavy (non-hydrogen) atoms. The van der Waals surface area contributed by atoms with Gasteiger partial charge in [-0.3, -0.25) is 0 Å². The molecule has 0 amide bonds. The molecule has 1 atom stereocenters. The number of aliphatic hydroxyl groups is 1. The van der Waals surface area contributed by atoms with Gasteiger partial charge in [0.25, 0.3) is 0 Å². The summed E-state index contributed by atoms with van der Waals surface area (Å²) in [4.78, 5) is 2.03. The van der Waals surface area contributed by atoms with E-state index in [4.69, 9.17) is 11.6 Å². The Balaban J connectivity index is 2.15. The van der Waals surface area contributed by atoms with Crippen LogP contribution in [0.2, 0.25) is 0 Å². The third-order valence-corrected chi connectivity index (χ3v) is 4.62. The summed E-state index contributed by atoms with van der Waals surface area (Å²) in [5.74, 6) is 6.21. The Morgan fingerprint density at radius 1 is 1.20 bits per heavy atom. The van der Waals surface area contributed by atoms with Gasteiger partial charge in [-0.25, -0.2) is 0 Å². The normalized spacial score (nSPS) is 16.0. The molecule has 0 radical (unpaired) electrons. The van der Waals surface area contributed by atoms with Crippen molar-refractivity contribution in [2.75, 3.05) is 11.4 Å². The van der Waals surface area contributed by atoms with Gasteiger partial charge in [-0.1, -0.05) is 35.9 Å². The fourth-order valence-corrected chi connectivity index (χ4v) is 3.22. The maximum Gasteiger partial charge on any atom is 0.126 e. The average molecular weight is 336 g/mol. The van der Waals surface area contributed by atoms with Crippen LogP contribution in [-0.4, -0.2) is 17.5 Å². The standard InChI is InChI=1S/C20H24N4O/c1-12-4-9-19-17(10-12)20(18(21)11-24(19)14(3)23-22)16-7-5-15(6-8-16)13(2)25/h4-10,13,25H,11,21-22H2,1-3H3/b23-14-. The molecule has 2 aromatic rings. The number of hydrogen-bond donors (Lipinski definition) is 3. The lowest BCUT2D eigenvalue weighted by Gasteiger charge is -2.33. The van der Waals surface area contributed by atoms with E-state index in [-0.39, 0.29) is 0 Å². The molecule has 0 fully saturated rings. The molecule has 1 aliphatic heterocycles. The van der Waals surface area contributed by atoms with Crippen LogP contribution in [0.5, 0.6) is 0 Å². The second kappa shape index (κ2) is 6.61. The highest BCUT2D eigenvalue weighted by molar-refractivity contribution is 6.03. The molecule has 0 saturated carbocycles. The summed E-state index contributed by atoms with van der Waals surface area (Å²) >= 11 is 0. The summed E-state index contributed by atoms with van der Waals surface area (Å²) < 4.78 is 0. The fourth-order valence-electron chi connectivity index (χ4n) is 3.22.